The highest BCUT2D eigenvalue weighted by Crippen LogP contribution is 2.34. The second kappa shape index (κ2) is 4.81. The minimum atomic E-state index is -1.66. The number of likely N-dealkylation sites (tertiary alicyclic amines) is 1. The molecule has 1 aliphatic rings. The van der Waals surface area contributed by atoms with Crippen molar-refractivity contribution < 1.29 is 14.8 Å². The molecule has 1 aromatic heterocycles. The number of nitrogens with zero attached hydrogens (tertiary/aromatic N) is 3. The first kappa shape index (κ1) is 13.2. The minimum Gasteiger partial charge on any atom is -0.465 e. The van der Waals surface area contributed by atoms with Crippen LogP contribution in [0.3, 0.4) is 0 Å². The monoisotopic (exact) mass is 266 g/mol. The summed E-state index contributed by atoms with van der Waals surface area (Å²) in [6.45, 7) is 0.179. The standard InChI is InChI=1S/C11H14N4O4/c12-11(8-3-5-13-6-4-8)9(15(18)19)2-1-7-14(11)10(16)17/h3-6,9H,1-2,7,12H2,(H,16,17). The van der Waals surface area contributed by atoms with Gasteiger partial charge < -0.3 is 5.11 Å². The van der Waals surface area contributed by atoms with E-state index in [-0.39, 0.29) is 13.0 Å². The fourth-order valence-electron chi connectivity index (χ4n) is 2.51. The van der Waals surface area contributed by atoms with Gasteiger partial charge in [-0.3, -0.25) is 25.7 Å². The van der Waals surface area contributed by atoms with Gasteiger partial charge in [0.2, 0.25) is 0 Å². The molecule has 0 aliphatic carbocycles. The Morgan fingerprint density at radius 3 is 2.74 bits per heavy atom. The van der Waals surface area contributed by atoms with E-state index < -0.39 is 22.7 Å². The Morgan fingerprint density at radius 1 is 1.58 bits per heavy atom. The lowest BCUT2D eigenvalue weighted by atomic mass is 9.85. The van der Waals surface area contributed by atoms with Crippen molar-refractivity contribution in [2.45, 2.75) is 24.5 Å². The van der Waals surface area contributed by atoms with E-state index >= 15 is 0 Å². The van der Waals surface area contributed by atoms with Crippen LogP contribution in [0.2, 0.25) is 0 Å². The van der Waals surface area contributed by atoms with Gasteiger partial charge >= 0.3 is 6.09 Å². The molecule has 1 aliphatic heterocycles. The van der Waals surface area contributed by atoms with E-state index in [1.165, 1.54) is 24.5 Å². The Labute approximate surface area is 109 Å². The number of amides is 1. The molecule has 2 heterocycles. The summed E-state index contributed by atoms with van der Waals surface area (Å²) in [6.07, 6.45) is 2.29. The summed E-state index contributed by atoms with van der Waals surface area (Å²) < 4.78 is 0. The van der Waals surface area contributed by atoms with Gasteiger partial charge in [0.25, 0.3) is 6.04 Å². The van der Waals surface area contributed by atoms with Crippen LogP contribution in [0.4, 0.5) is 4.79 Å². The lowest BCUT2D eigenvalue weighted by molar-refractivity contribution is -0.545. The summed E-state index contributed by atoms with van der Waals surface area (Å²) in [5, 5.41) is 20.4. The van der Waals surface area contributed by atoms with Gasteiger partial charge in [0, 0.05) is 35.8 Å². The molecule has 0 radical (unpaired) electrons. The Balaban J connectivity index is 2.54. The molecule has 2 unspecified atom stereocenters. The average Bonchev–Trinajstić information content (AvgIpc) is 2.39. The Hall–Kier alpha value is -2.22. The number of pyridine rings is 1. The van der Waals surface area contributed by atoms with Gasteiger partial charge in [-0.05, 0) is 18.6 Å². The molecule has 8 nitrogen and oxygen atoms in total. The molecule has 19 heavy (non-hydrogen) atoms. The van der Waals surface area contributed by atoms with Crippen LogP contribution in [0.15, 0.2) is 24.5 Å². The smallest absolute Gasteiger partial charge is 0.409 e. The van der Waals surface area contributed by atoms with E-state index in [2.05, 4.69) is 4.98 Å². The van der Waals surface area contributed by atoms with E-state index in [1.807, 2.05) is 0 Å². The van der Waals surface area contributed by atoms with Crippen molar-refractivity contribution in [2.75, 3.05) is 6.54 Å². The summed E-state index contributed by atoms with van der Waals surface area (Å²) in [7, 11) is 0. The fraction of sp³-hybridized carbons (Fsp3) is 0.455. The number of hydrogen-bond acceptors (Lipinski definition) is 5. The van der Waals surface area contributed by atoms with Crippen molar-refractivity contribution in [3.05, 3.63) is 40.2 Å². The molecular weight excluding hydrogens is 252 g/mol. The largest absolute Gasteiger partial charge is 0.465 e. The number of hydrogen-bond donors (Lipinski definition) is 2. The normalized spacial score (nSPS) is 27.0. The number of nitro groups is 1. The van der Waals surface area contributed by atoms with Gasteiger partial charge in [0.05, 0.1) is 0 Å². The third kappa shape index (κ3) is 2.10. The van der Waals surface area contributed by atoms with Gasteiger partial charge in [0.15, 0.2) is 5.66 Å². The summed E-state index contributed by atoms with van der Waals surface area (Å²) >= 11 is 0. The van der Waals surface area contributed by atoms with E-state index in [9.17, 15) is 20.0 Å². The first-order chi connectivity index (χ1) is 8.98. The third-order valence-corrected chi connectivity index (χ3v) is 3.44. The molecule has 1 aromatic rings. The first-order valence-electron chi connectivity index (χ1n) is 5.81. The van der Waals surface area contributed by atoms with Crippen LogP contribution in [-0.4, -0.2) is 38.6 Å². The van der Waals surface area contributed by atoms with Gasteiger partial charge in [-0.15, -0.1) is 0 Å². The highest BCUT2D eigenvalue weighted by Gasteiger charge is 2.54. The topological polar surface area (TPSA) is 123 Å². The number of carboxylic acid groups (broad SMARTS) is 1. The van der Waals surface area contributed by atoms with Gasteiger partial charge in [-0.2, -0.15) is 0 Å². The number of carbonyl (C=O) groups is 1. The predicted molar refractivity (Wildman–Crippen MR) is 64.8 cm³/mol. The Kier molecular flexibility index (Phi) is 3.34. The van der Waals surface area contributed by atoms with E-state index in [0.717, 1.165) is 4.90 Å². The fourth-order valence-corrected chi connectivity index (χ4v) is 2.51. The van der Waals surface area contributed by atoms with E-state index in [1.54, 1.807) is 0 Å². The van der Waals surface area contributed by atoms with Gasteiger partial charge in [-0.1, -0.05) is 0 Å². The van der Waals surface area contributed by atoms with Crippen LogP contribution in [0.1, 0.15) is 18.4 Å². The summed E-state index contributed by atoms with van der Waals surface area (Å²) in [4.78, 5) is 26.8. The maximum atomic E-state index is 11.3. The maximum Gasteiger partial charge on any atom is 0.409 e. The van der Waals surface area contributed by atoms with E-state index in [4.69, 9.17) is 5.73 Å². The zero-order valence-corrected chi connectivity index (χ0v) is 10.1. The molecule has 0 spiro atoms. The molecule has 2 atom stereocenters. The minimum absolute atomic E-state index is 0.179. The Morgan fingerprint density at radius 2 is 2.21 bits per heavy atom. The molecule has 0 saturated carbocycles. The molecule has 2 rings (SSSR count). The SMILES string of the molecule is NC1(c2ccncc2)C([N+](=O)[O-])CCCN1C(=O)O. The van der Waals surface area contributed by atoms with Crippen molar-refractivity contribution in [2.24, 2.45) is 5.73 Å². The van der Waals surface area contributed by atoms with Gasteiger partial charge in [-0.25, -0.2) is 4.79 Å². The van der Waals surface area contributed by atoms with Crippen LogP contribution in [0.25, 0.3) is 0 Å². The average molecular weight is 266 g/mol. The molecule has 102 valence electrons. The zero-order chi connectivity index (χ0) is 14.0. The predicted octanol–water partition coefficient (Wildman–Crippen LogP) is 0.612. The molecule has 1 saturated heterocycles. The third-order valence-electron chi connectivity index (χ3n) is 3.44. The van der Waals surface area contributed by atoms with Gasteiger partial charge in [0.1, 0.15) is 0 Å². The highest BCUT2D eigenvalue weighted by molar-refractivity contribution is 5.67. The number of aromatic nitrogens is 1. The first-order valence-corrected chi connectivity index (χ1v) is 5.81. The molecule has 8 heteroatoms. The van der Waals surface area contributed by atoms with Crippen LogP contribution < -0.4 is 5.73 Å². The lowest BCUT2D eigenvalue weighted by Gasteiger charge is -2.43. The second-order valence-corrected chi connectivity index (χ2v) is 4.44. The quantitative estimate of drug-likeness (QED) is 0.597. The van der Waals surface area contributed by atoms with Crippen molar-refractivity contribution >= 4 is 6.09 Å². The molecule has 0 aromatic carbocycles. The highest BCUT2D eigenvalue weighted by atomic mass is 16.6. The molecule has 0 bridgehead atoms. The molecule has 3 N–H and O–H groups in total. The van der Waals surface area contributed by atoms with Crippen molar-refractivity contribution in [3.63, 3.8) is 0 Å². The van der Waals surface area contributed by atoms with Crippen molar-refractivity contribution in [3.8, 4) is 0 Å². The molecular formula is C11H14N4O4. The number of piperidine rings is 1. The summed E-state index contributed by atoms with van der Waals surface area (Å²) in [5.41, 5.74) is 4.87. The second-order valence-electron chi connectivity index (χ2n) is 4.44. The van der Waals surface area contributed by atoms with Crippen LogP contribution in [0.5, 0.6) is 0 Å². The molecule has 1 fully saturated rings. The summed E-state index contributed by atoms with van der Waals surface area (Å²) in [5.74, 6) is 0. The van der Waals surface area contributed by atoms with E-state index in [0.29, 0.717) is 12.0 Å². The number of rotatable bonds is 2. The number of nitrogens with two attached hydrogens (primary N) is 1. The maximum absolute atomic E-state index is 11.3. The molecule has 1 amide bonds. The van der Waals surface area contributed by atoms with Crippen LogP contribution >= 0.6 is 0 Å². The lowest BCUT2D eigenvalue weighted by Crippen LogP contribution is -2.66. The Bertz CT molecular complexity index is 471. The van der Waals surface area contributed by atoms with Crippen molar-refractivity contribution in [1.82, 2.24) is 9.88 Å². The van der Waals surface area contributed by atoms with Crippen LogP contribution in [-0.2, 0) is 5.66 Å². The zero-order valence-electron chi connectivity index (χ0n) is 10.1. The van der Waals surface area contributed by atoms with Crippen LogP contribution in [0, 0.1) is 10.1 Å². The van der Waals surface area contributed by atoms with Crippen molar-refractivity contribution in [1.29, 1.82) is 0 Å². The summed E-state index contributed by atoms with van der Waals surface area (Å²) in [6, 6.07) is 1.86.